The number of hydrogen-bond acceptors (Lipinski definition) is 21. The quantitative estimate of drug-likeness (QED) is 0.0206. The Morgan fingerprint density at radius 3 is 1.18 bits per heavy atom. The van der Waals surface area contributed by atoms with E-state index in [0.29, 0.717) is 63.3 Å². The fraction of sp³-hybridized carbons (Fsp3) is 0.292. The lowest BCUT2D eigenvalue weighted by molar-refractivity contribution is -0.112. The van der Waals surface area contributed by atoms with Crippen LogP contribution in [0.1, 0.15) is 36.0 Å². The summed E-state index contributed by atoms with van der Waals surface area (Å²) in [7, 11) is 20.7. The number of aromatic nitrogens is 9. The molecule has 0 bridgehead atoms. The Morgan fingerprint density at radius 1 is 0.462 bits per heavy atom. The fourth-order valence-electron chi connectivity index (χ4n) is 15.1. The third-order valence-electron chi connectivity index (χ3n) is 21.1. The molecule has 0 fully saturated rings. The summed E-state index contributed by atoms with van der Waals surface area (Å²) in [5.41, 5.74) is 18.6. The van der Waals surface area contributed by atoms with E-state index in [0.717, 1.165) is 153 Å². The number of hydrogen-bond donors (Lipinski definition) is 7. The molecule has 3 aliphatic heterocycles. The smallest absolute Gasteiger partial charge is 0.247 e. The van der Waals surface area contributed by atoms with Crippen molar-refractivity contribution in [3.8, 4) is 51.0 Å². The molecule has 0 atom stereocenters. The maximum atomic E-state index is 15.2. The molecular weight excluding hydrogens is 1480 g/mol. The number of carbonyl (C=O) groups excluding carboxylic acids is 3. The SMILES string of the molecule is C=CC(=O)Nc1cc(Nc2ncc(F)c(-c3cn4c5c(cccc35)CCC4)n2)c(OC)cc1N(C)CCN(C)C.C=CC(=O)Nc1cc(Nc2nccc(-c3cn4c5c(cccc35)CCC4)n2)c(OC)cc1N(C)CCN(C)C.C=CC(=O)Nc1cc(Nc2nccc(-c3cn4c5c(cccc35)CCC4)n2)c(OC)cc1N(C)CCNC. The van der Waals surface area contributed by atoms with Crippen LogP contribution in [-0.2, 0) is 53.3 Å². The molecule has 0 aliphatic carbocycles. The second-order valence-electron chi connectivity index (χ2n) is 29.5. The van der Waals surface area contributed by atoms with Crippen LogP contribution in [0.2, 0.25) is 0 Å². The zero-order chi connectivity index (χ0) is 82.6. The number of aryl methyl sites for hydroxylation is 6. The van der Waals surface area contributed by atoms with Crippen molar-refractivity contribution >= 4 is 119 Å². The predicted molar refractivity (Wildman–Crippen MR) is 470 cm³/mol. The Kier molecular flexibility index (Phi) is 25.8. The van der Waals surface area contributed by atoms with E-state index in [1.54, 1.807) is 39.8 Å². The molecule has 3 amide bonds. The van der Waals surface area contributed by atoms with Gasteiger partial charge in [0.2, 0.25) is 35.6 Å². The van der Waals surface area contributed by atoms with Crippen molar-refractivity contribution in [1.29, 1.82) is 0 Å². The summed E-state index contributed by atoms with van der Waals surface area (Å²) in [6.07, 6.45) is 21.3. The van der Waals surface area contributed by atoms with Crippen LogP contribution in [0.4, 0.5) is 73.4 Å². The Balaban J connectivity index is 0.000000152. The minimum absolute atomic E-state index is 0.205. The molecule has 0 unspecified atom stereocenters. The highest BCUT2D eigenvalue weighted by Crippen LogP contribution is 2.44. The van der Waals surface area contributed by atoms with Gasteiger partial charge in [0, 0.05) is 162 Å². The summed E-state index contributed by atoms with van der Waals surface area (Å²) >= 11 is 0. The molecule has 12 aromatic rings. The van der Waals surface area contributed by atoms with Crippen molar-refractivity contribution in [1.82, 2.24) is 58.7 Å². The highest BCUT2D eigenvalue weighted by molar-refractivity contribution is 6.05. The van der Waals surface area contributed by atoms with Gasteiger partial charge in [-0.1, -0.05) is 74.3 Å². The molecule has 28 heteroatoms. The molecule has 6 aromatic carbocycles. The van der Waals surface area contributed by atoms with Crippen LogP contribution in [0.5, 0.6) is 17.2 Å². The van der Waals surface area contributed by atoms with E-state index >= 15 is 4.39 Å². The zero-order valence-electron chi connectivity index (χ0n) is 68.3. The summed E-state index contributed by atoms with van der Waals surface area (Å²) in [4.78, 5) is 74.6. The molecule has 27 nitrogen and oxygen atoms in total. The lowest BCUT2D eigenvalue weighted by Gasteiger charge is -2.26. The fourth-order valence-corrected chi connectivity index (χ4v) is 15.1. The molecule has 15 rings (SSSR count). The Labute approximate surface area is 681 Å². The van der Waals surface area contributed by atoms with E-state index in [1.807, 2.05) is 122 Å². The topological polar surface area (TPSA) is 271 Å². The largest absolute Gasteiger partial charge is 0.494 e. The van der Waals surface area contributed by atoms with Crippen molar-refractivity contribution in [3.05, 3.63) is 201 Å². The van der Waals surface area contributed by atoms with Gasteiger partial charge in [-0.3, -0.25) is 14.4 Å². The maximum Gasteiger partial charge on any atom is 0.247 e. The summed E-state index contributed by atoms with van der Waals surface area (Å²) in [6, 6.07) is 34.1. The number of para-hydroxylation sites is 3. The normalized spacial score (nSPS) is 12.4. The van der Waals surface area contributed by atoms with Gasteiger partial charge in [0.15, 0.2) is 5.82 Å². The van der Waals surface area contributed by atoms with Gasteiger partial charge in [-0.25, -0.2) is 34.3 Å². The number of benzene rings is 6. The number of halogens is 1. The number of amides is 3. The Bertz CT molecular complexity index is 5690. The van der Waals surface area contributed by atoms with Crippen molar-refractivity contribution in [2.45, 2.75) is 58.2 Å². The van der Waals surface area contributed by atoms with E-state index in [4.69, 9.17) is 24.2 Å². The number of methoxy groups -OCH3 is 3. The van der Waals surface area contributed by atoms with Gasteiger partial charge in [-0.2, -0.15) is 0 Å². The average Bonchev–Trinajstić information content (AvgIpc) is 1.62. The minimum atomic E-state index is -0.502. The van der Waals surface area contributed by atoms with Crippen LogP contribution in [0.25, 0.3) is 66.5 Å². The number of anilines is 12. The van der Waals surface area contributed by atoms with Crippen molar-refractivity contribution < 1.29 is 33.0 Å². The molecular formula is C89H102FN21O6. The van der Waals surface area contributed by atoms with E-state index in [1.165, 1.54) is 62.9 Å². The second-order valence-corrected chi connectivity index (χ2v) is 29.5. The van der Waals surface area contributed by atoms with Gasteiger partial charge >= 0.3 is 0 Å². The van der Waals surface area contributed by atoms with E-state index in [9.17, 15) is 14.4 Å². The average molecular weight is 1580 g/mol. The summed E-state index contributed by atoms with van der Waals surface area (Å²) in [5.74, 6) is 1.38. The van der Waals surface area contributed by atoms with Gasteiger partial charge in [-0.15, -0.1) is 0 Å². The predicted octanol–water partition coefficient (Wildman–Crippen LogP) is 14.6. The van der Waals surface area contributed by atoms with Crippen LogP contribution >= 0.6 is 0 Å². The molecule has 6 aromatic heterocycles. The van der Waals surface area contributed by atoms with Crippen LogP contribution in [0, 0.1) is 5.82 Å². The first-order valence-electron chi connectivity index (χ1n) is 39.1. The summed E-state index contributed by atoms with van der Waals surface area (Å²) < 4.78 is 39.2. The van der Waals surface area contributed by atoms with Crippen LogP contribution < -0.4 is 66.1 Å². The second kappa shape index (κ2) is 37.0. The number of likely N-dealkylation sites (N-methyl/N-ethyl adjacent to an activating group) is 6. The lowest BCUT2D eigenvalue weighted by atomic mass is 10.0. The highest BCUT2D eigenvalue weighted by Gasteiger charge is 2.26. The summed E-state index contributed by atoms with van der Waals surface area (Å²) in [5, 5.41) is 25.0. The highest BCUT2D eigenvalue weighted by atomic mass is 19.1. The maximum absolute atomic E-state index is 15.2. The number of nitrogens with one attached hydrogen (secondary N) is 7. The number of ether oxygens (including phenoxy) is 3. The van der Waals surface area contributed by atoms with E-state index in [-0.39, 0.29) is 29.4 Å². The van der Waals surface area contributed by atoms with E-state index < -0.39 is 5.82 Å². The van der Waals surface area contributed by atoms with Crippen molar-refractivity contribution in [2.24, 2.45) is 0 Å². The third-order valence-corrected chi connectivity index (χ3v) is 21.1. The van der Waals surface area contributed by atoms with Crippen LogP contribution in [0.3, 0.4) is 0 Å². The monoisotopic (exact) mass is 1580 g/mol. The van der Waals surface area contributed by atoms with Crippen molar-refractivity contribution in [3.63, 3.8) is 0 Å². The molecule has 0 spiro atoms. The molecule has 0 saturated carbocycles. The van der Waals surface area contributed by atoms with Gasteiger partial charge < -0.3 is 89.6 Å². The first kappa shape index (κ1) is 81.8. The van der Waals surface area contributed by atoms with Gasteiger partial charge in [0.1, 0.15) is 22.9 Å². The number of carbonyl (C=O) groups is 3. The molecule has 0 saturated heterocycles. The van der Waals surface area contributed by atoms with Gasteiger partial charge in [-0.05, 0) is 139 Å². The Hall–Kier alpha value is -13.2. The third kappa shape index (κ3) is 18.5. The Morgan fingerprint density at radius 2 is 0.821 bits per heavy atom. The molecule has 117 heavy (non-hydrogen) atoms. The van der Waals surface area contributed by atoms with Crippen molar-refractivity contribution in [2.75, 3.05) is 164 Å². The minimum Gasteiger partial charge on any atom is -0.494 e. The number of rotatable bonds is 30. The van der Waals surface area contributed by atoms with Crippen LogP contribution in [-0.4, -0.2) is 188 Å². The molecule has 7 N–H and O–H groups in total. The standard InChI is InChI=1S/C30H34FN7O2.C30H35N7O2.C29H33N7O2/c1-6-27(39)33-23-15-24(26(40-5)16-25(23)37(4)14-13-36(2)3)34-30-32-17-22(31)28(35-30)21-18-38-12-8-10-19-9-7-11-20(21)29(19)38;1-6-28(38)32-24-17-25(27(39-5)18-26(24)36(4)16-15-35(2)3)34-30-31-13-12-23(33-30)22-19-37-14-8-10-20-9-7-11-21(22)29(20)37;1-5-27(37)32-23-16-24(26(38-4)17-25(23)35(3)15-13-30-2)34-29-31-12-11-22(33-29)21-18-36-14-7-9-19-8-6-10-20(21)28(19)36/h6-7,9,11,15-18H,1,8,10,12-14H2,2-5H3,(H,33,39)(H,32,34,35);6-7,9,11-13,17-19H,1,8,10,14-16H2,2-5H3,(H,32,38)(H,31,33,34);5-6,8,10-12,16-18,30H,1,7,9,13-15H2,2-4H3,(H,32,37)(H,31,33,34). The van der Waals surface area contributed by atoms with Gasteiger partial charge in [0.25, 0.3) is 0 Å². The summed E-state index contributed by atoms with van der Waals surface area (Å²) in [6.45, 7) is 18.3. The molecule has 3 aliphatic rings. The van der Waals surface area contributed by atoms with E-state index in [2.05, 4.69) is 165 Å². The van der Waals surface area contributed by atoms with Crippen LogP contribution in [0.15, 0.2) is 178 Å². The zero-order valence-corrected chi connectivity index (χ0v) is 68.3. The van der Waals surface area contributed by atoms with Gasteiger partial charge in [0.05, 0.1) is 107 Å². The first-order valence-corrected chi connectivity index (χ1v) is 39.1. The molecule has 9 heterocycles. The lowest BCUT2D eigenvalue weighted by Crippen LogP contribution is -2.29. The molecule has 606 valence electrons. The molecule has 0 radical (unpaired) electrons. The number of nitrogens with zero attached hydrogens (tertiary/aromatic N) is 14. The first-order chi connectivity index (χ1) is 56.7.